The molecule has 0 amide bonds. The van der Waals surface area contributed by atoms with E-state index in [4.69, 9.17) is 9.47 Å². The minimum Gasteiger partial charge on any atom is -0.493 e. The Balaban J connectivity index is 2.02. The number of carbonyl (C=O) groups is 2. The van der Waals surface area contributed by atoms with E-state index in [0.29, 0.717) is 34.9 Å². The molecular weight excluding hydrogens is 334 g/mol. The molecule has 0 spiro atoms. The molecule has 0 fully saturated rings. The smallest absolute Gasteiger partial charge is 0.363 e. The van der Waals surface area contributed by atoms with Gasteiger partial charge in [-0.15, -0.1) is 0 Å². The van der Waals surface area contributed by atoms with Crippen LogP contribution in [0.5, 0.6) is 5.75 Å². The molecule has 2 aromatic rings. The van der Waals surface area contributed by atoms with Crippen molar-refractivity contribution in [2.75, 3.05) is 6.61 Å². The largest absolute Gasteiger partial charge is 0.493 e. The molecule has 1 aliphatic rings. The van der Waals surface area contributed by atoms with Gasteiger partial charge in [0.05, 0.1) is 23.6 Å². The lowest BCUT2D eigenvalue weighted by molar-refractivity contribution is -0.129. The summed E-state index contributed by atoms with van der Waals surface area (Å²) in [7, 11) is 0. The van der Waals surface area contributed by atoms with Gasteiger partial charge in [0.2, 0.25) is 11.8 Å². The van der Waals surface area contributed by atoms with Gasteiger partial charge in [-0.05, 0) is 39.0 Å². The van der Waals surface area contributed by atoms with Gasteiger partial charge in [0, 0.05) is 12.5 Å². The summed E-state index contributed by atoms with van der Waals surface area (Å²) in [5, 5.41) is 4.19. The van der Waals surface area contributed by atoms with Crippen LogP contribution in [0.15, 0.2) is 35.0 Å². The van der Waals surface area contributed by atoms with Crippen LogP contribution < -0.4 is 4.74 Å². The molecule has 26 heavy (non-hydrogen) atoms. The van der Waals surface area contributed by atoms with Crippen LogP contribution in [0.25, 0.3) is 6.08 Å². The molecule has 0 aliphatic carbocycles. The highest BCUT2D eigenvalue weighted by molar-refractivity contribution is 6.13. The van der Waals surface area contributed by atoms with Crippen molar-refractivity contribution in [3.8, 4) is 5.75 Å². The summed E-state index contributed by atoms with van der Waals surface area (Å²) < 4.78 is 12.2. The number of esters is 1. The highest BCUT2D eigenvalue weighted by Gasteiger charge is 2.27. The molecule has 134 valence electrons. The molecule has 1 aliphatic heterocycles. The quantitative estimate of drug-likeness (QED) is 0.623. The Kier molecular flexibility index (Phi) is 4.71. The zero-order valence-corrected chi connectivity index (χ0v) is 15.1. The van der Waals surface area contributed by atoms with Gasteiger partial charge in [0.15, 0.2) is 5.70 Å². The molecule has 1 aromatic heterocycles. The molecule has 0 unspecified atom stereocenters. The van der Waals surface area contributed by atoms with Crippen LogP contribution in [0.1, 0.15) is 41.2 Å². The second kappa shape index (κ2) is 6.95. The third-order valence-corrected chi connectivity index (χ3v) is 3.96. The van der Waals surface area contributed by atoms with Gasteiger partial charge in [-0.3, -0.25) is 4.79 Å². The van der Waals surface area contributed by atoms with Crippen LogP contribution in [0, 0.1) is 13.8 Å². The molecule has 0 bridgehead atoms. The summed E-state index contributed by atoms with van der Waals surface area (Å²) in [6.45, 7) is 7.34. The zero-order valence-electron chi connectivity index (χ0n) is 15.1. The maximum atomic E-state index is 12.3. The lowest BCUT2D eigenvalue weighted by atomic mass is 10.1. The van der Waals surface area contributed by atoms with Crippen molar-refractivity contribution in [2.45, 2.75) is 27.7 Å². The fourth-order valence-electron chi connectivity index (χ4n) is 2.76. The van der Waals surface area contributed by atoms with E-state index in [1.807, 2.05) is 19.1 Å². The Bertz CT molecular complexity index is 954. The van der Waals surface area contributed by atoms with Gasteiger partial charge in [-0.2, -0.15) is 5.10 Å². The molecule has 1 aromatic carbocycles. The Labute approximate surface area is 150 Å². The summed E-state index contributed by atoms with van der Waals surface area (Å²) in [5.41, 5.74) is 2.72. The Morgan fingerprint density at radius 1 is 1.31 bits per heavy atom. The molecule has 0 atom stereocenters. The fraction of sp³-hybridized carbons (Fsp3) is 0.263. The number of nitrogens with zero attached hydrogens (tertiary/aromatic N) is 3. The fourth-order valence-corrected chi connectivity index (χ4v) is 2.76. The minimum atomic E-state index is -0.555. The monoisotopic (exact) mass is 353 g/mol. The van der Waals surface area contributed by atoms with Crippen LogP contribution in [-0.4, -0.2) is 34.2 Å². The van der Waals surface area contributed by atoms with E-state index < -0.39 is 5.97 Å². The number of aromatic nitrogens is 2. The van der Waals surface area contributed by atoms with Crippen LogP contribution >= 0.6 is 0 Å². The van der Waals surface area contributed by atoms with Crippen molar-refractivity contribution in [1.82, 2.24) is 9.78 Å². The number of rotatable bonds is 4. The summed E-state index contributed by atoms with van der Waals surface area (Å²) in [4.78, 5) is 28.2. The van der Waals surface area contributed by atoms with E-state index in [1.54, 1.807) is 32.1 Å². The summed E-state index contributed by atoms with van der Waals surface area (Å²) in [6, 6.07) is 7.24. The maximum Gasteiger partial charge on any atom is 0.363 e. The first-order valence-corrected chi connectivity index (χ1v) is 8.24. The van der Waals surface area contributed by atoms with E-state index in [9.17, 15) is 9.59 Å². The molecule has 0 saturated heterocycles. The van der Waals surface area contributed by atoms with Crippen molar-refractivity contribution < 1.29 is 19.1 Å². The van der Waals surface area contributed by atoms with Gasteiger partial charge in [0.1, 0.15) is 5.75 Å². The molecule has 3 rings (SSSR count). The van der Waals surface area contributed by atoms with Crippen LogP contribution in [0.3, 0.4) is 0 Å². The van der Waals surface area contributed by atoms with Crippen LogP contribution in [0.2, 0.25) is 0 Å². The molecule has 7 heteroatoms. The van der Waals surface area contributed by atoms with E-state index in [2.05, 4.69) is 10.1 Å². The van der Waals surface area contributed by atoms with Crippen molar-refractivity contribution >= 4 is 23.9 Å². The molecule has 0 saturated carbocycles. The van der Waals surface area contributed by atoms with Crippen molar-refractivity contribution in [1.29, 1.82) is 0 Å². The number of para-hydroxylation sites is 1. The van der Waals surface area contributed by atoms with Gasteiger partial charge >= 0.3 is 5.97 Å². The number of hydrogen-bond acceptors (Lipinski definition) is 6. The van der Waals surface area contributed by atoms with E-state index in [1.165, 1.54) is 11.6 Å². The number of carbonyl (C=O) groups excluding carboxylic acids is 2. The van der Waals surface area contributed by atoms with E-state index in [0.717, 1.165) is 0 Å². The minimum absolute atomic E-state index is 0.153. The number of ether oxygens (including phenoxy) is 2. The number of aryl methyl sites for hydroxylation is 1. The van der Waals surface area contributed by atoms with Gasteiger partial charge in [0.25, 0.3) is 0 Å². The van der Waals surface area contributed by atoms with Crippen molar-refractivity contribution in [3.05, 3.63) is 52.5 Å². The standard InChI is InChI=1S/C19H19N3O4/c1-5-25-17-9-7-6-8-14(17)18-20-16(19(24)26-18)10-15-11(2)21-22(12(15)3)13(4)23/h6-10H,5H2,1-4H3/b16-10+. The summed E-state index contributed by atoms with van der Waals surface area (Å²) in [5.74, 6) is 0.0406. The Morgan fingerprint density at radius 2 is 2.04 bits per heavy atom. The second-order valence-electron chi connectivity index (χ2n) is 5.78. The third kappa shape index (κ3) is 3.15. The highest BCUT2D eigenvalue weighted by atomic mass is 16.6. The van der Waals surface area contributed by atoms with Crippen LogP contribution in [0.4, 0.5) is 0 Å². The molecule has 2 heterocycles. The Hall–Kier alpha value is -3.22. The average molecular weight is 353 g/mol. The van der Waals surface area contributed by atoms with Crippen LogP contribution in [-0.2, 0) is 9.53 Å². The first kappa shape index (κ1) is 17.6. The normalized spacial score (nSPS) is 15.2. The van der Waals surface area contributed by atoms with Gasteiger partial charge in [-0.1, -0.05) is 12.1 Å². The first-order chi connectivity index (χ1) is 12.4. The predicted molar refractivity (Wildman–Crippen MR) is 96.2 cm³/mol. The molecule has 7 nitrogen and oxygen atoms in total. The lowest BCUT2D eigenvalue weighted by Gasteiger charge is -2.08. The maximum absolute atomic E-state index is 12.3. The zero-order chi connectivity index (χ0) is 18.8. The molecular formula is C19H19N3O4. The van der Waals surface area contributed by atoms with Crippen molar-refractivity contribution in [2.24, 2.45) is 4.99 Å². The summed E-state index contributed by atoms with van der Waals surface area (Å²) >= 11 is 0. The van der Waals surface area contributed by atoms with Crippen molar-refractivity contribution in [3.63, 3.8) is 0 Å². The average Bonchev–Trinajstić information content (AvgIpc) is 3.10. The number of cyclic esters (lactones) is 1. The second-order valence-corrected chi connectivity index (χ2v) is 5.78. The van der Waals surface area contributed by atoms with E-state index in [-0.39, 0.29) is 17.5 Å². The lowest BCUT2D eigenvalue weighted by Crippen LogP contribution is -2.09. The van der Waals surface area contributed by atoms with E-state index >= 15 is 0 Å². The Morgan fingerprint density at radius 3 is 2.69 bits per heavy atom. The highest BCUT2D eigenvalue weighted by Crippen LogP contribution is 2.26. The predicted octanol–water partition coefficient (Wildman–Crippen LogP) is 2.90. The number of aliphatic imine (C=N–C) groups is 1. The van der Waals surface area contributed by atoms with Gasteiger partial charge in [-0.25, -0.2) is 14.5 Å². The number of hydrogen-bond donors (Lipinski definition) is 0. The molecule has 0 N–H and O–H groups in total. The third-order valence-electron chi connectivity index (χ3n) is 3.96. The SMILES string of the molecule is CCOc1ccccc1C1=N/C(=C/c2c(C)nn(C(C)=O)c2C)C(=O)O1. The topological polar surface area (TPSA) is 82.8 Å². The number of benzene rings is 1. The molecule has 0 radical (unpaired) electrons. The summed E-state index contributed by atoms with van der Waals surface area (Å²) in [6.07, 6.45) is 1.59. The van der Waals surface area contributed by atoms with Gasteiger partial charge < -0.3 is 9.47 Å². The first-order valence-electron chi connectivity index (χ1n) is 8.24.